The van der Waals surface area contributed by atoms with E-state index in [9.17, 15) is 4.79 Å². The van der Waals surface area contributed by atoms with E-state index >= 15 is 0 Å². The molecule has 1 rings (SSSR count). The second-order valence-electron chi connectivity index (χ2n) is 4.06. The molecule has 9 heteroatoms. The first kappa shape index (κ1) is 15.9. The minimum atomic E-state index is -0.457. The Labute approximate surface area is 117 Å². The number of hydrazine groups is 1. The number of carbonyl (C=O) groups excluding carboxylic acids is 1. The molecule has 112 valence electrons. The van der Waals surface area contributed by atoms with E-state index in [1.165, 1.54) is 0 Å². The summed E-state index contributed by atoms with van der Waals surface area (Å²) in [6.45, 7) is 4.92. The molecule has 20 heavy (non-hydrogen) atoms. The molecule has 0 aromatic carbocycles. The number of nitrogens with one attached hydrogen (secondary N) is 1. The summed E-state index contributed by atoms with van der Waals surface area (Å²) in [6, 6.07) is 0.149. The molecule has 0 spiro atoms. The van der Waals surface area contributed by atoms with Gasteiger partial charge in [-0.3, -0.25) is 10.2 Å². The Kier molecular flexibility index (Phi) is 6.44. The molecule has 0 unspecified atom stereocenters. The Morgan fingerprint density at radius 3 is 2.65 bits per heavy atom. The number of unbranched alkanes of at least 4 members (excludes halogenated alkanes) is 1. The minimum absolute atomic E-state index is 0.0274. The summed E-state index contributed by atoms with van der Waals surface area (Å²) in [5.41, 5.74) is 7.59. The molecule has 0 saturated heterocycles. The van der Waals surface area contributed by atoms with Crippen molar-refractivity contribution >= 4 is 17.8 Å². The van der Waals surface area contributed by atoms with Crippen molar-refractivity contribution in [3.8, 4) is 6.01 Å². The number of carbonyl (C=O) groups is 1. The summed E-state index contributed by atoms with van der Waals surface area (Å²) in [7, 11) is 0. The number of nitrogen functional groups attached to an aromatic ring is 1. The Hall–Kier alpha value is -2.16. The van der Waals surface area contributed by atoms with E-state index in [-0.39, 0.29) is 18.5 Å². The van der Waals surface area contributed by atoms with E-state index in [1.54, 1.807) is 4.90 Å². The summed E-state index contributed by atoms with van der Waals surface area (Å²) >= 11 is 0. The van der Waals surface area contributed by atoms with Crippen LogP contribution in [-0.2, 0) is 4.79 Å². The van der Waals surface area contributed by atoms with Gasteiger partial charge in [-0.1, -0.05) is 13.3 Å². The summed E-state index contributed by atoms with van der Waals surface area (Å²) in [5, 5.41) is 0. The first-order chi connectivity index (χ1) is 9.60. The van der Waals surface area contributed by atoms with Gasteiger partial charge in [0.25, 0.3) is 0 Å². The van der Waals surface area contributed by atoms with Crippen molar-refractivity contribution in [1.82, 2.24) is 15.0 Å². The van der Waals surface area contributed by atoms with Crippen LogP contribution in [0.15, 0.2) is 0 Å². The van der Waals surface area contributed by atoms with Gasteiger partial charge >= 0.3 is 6.01 Å². The second-order valence-corrected chi connectivity index (χ2v) is 4.06. The lowest BCUT2D eigenvalue weighted by Crippen LogP contribution is -2.36. The van der Waals surface area contributed by atoms with Gasteiger partial charge in [0.05, 0.1) is 13.2 Å². The van der Waals surface area contributed by atoms with Crippen LogP contribution in [0.2, 0.25) is 0 Å². The summed E-state index contributed by atoms with van der Waals surface area (Å²) in [4.78, 5) is 25.1. The molecule has 0 saturated carbocycles. The molecule has 1 aromatic heterocycles. The van der Waals surface area contributed by atoms with Gasteiger partial charge in [0, 0.05) is 6.54 Å². The predicted molar refractivity (Wildman–Crippen MR) is 75.1 cm³/mol. The average Bonchev–Trinajstić information content (AvgIpc) is 2.43. The fraction of sp³-hybridized carbons (Fsp3) is 0.636. The largest absolute Gasteiger partial charge is 0.464 e. The molecule has 1 heterocycles. The molecule has 5 N–H and O–H groups in total. The van der Waals surface area contributed by atoms with E-state index in [0.717, 1.165) is 12.8 Å². The van der Waals surface area contributed by atoms with Crippen molar-refractivity contribution in [3.05, 3.63) is 0 Å². The van der Waals surface area contributed by atoms with Crippen LogP contribution >= 0.6 is 0 Å². The smallest absolute Gasteiger partial charge is 0.323 e. The topological polar surface area (TPSA) is 132 Å². The quantitative estimate of drug-likeness (QED) is 0.413. The average molecular weight is 283 g/mol. The Morgan fingerprint density at radius 2 is 2.10 bits per heavy atom. The highest BCUT2D eigenvalue weighted by Gasteiger charge is 2.15. The van der Waals surface area contributed by atoms with Gasteiger partial charge in [0.2, 0.25) is 17.8 Å². The molecule has 0 aliphatic heterocycles. The maximum atomic E-state index is 11.1. The zero-order chi connectivity index (χ0) is 15.0. The van der Waals surface area contributed by atoms with Crippen LogP contribution in [0.25, 0.3) is 0 Å². The first-order valence-corrected chi connectivity index (χ1v) is 6.49. The van der Waals surface area contributed by atoms with Crippen LogP contribution in [0.4, 0.5) is 11.9 Å². The molecule has 0 fully saturated rings. The molecule has 0 radical (unpaired) electrons. The van der Waals surface area contributed by atoms with Crippen molar-refractivity contribution in [2.24, 2.45) is 11.6 Å². The van der Waals surface area contributed by atoms with Crippen LogP contribution in [0, 0.1) is 0 Å². The molecule has 1 aromatic rings. The number of primary amides is 1. The standard InChI is InChI=1S/C11H21N7O2/c1-3-5-6-18(7-8(12)19)10-14-9(17-13)15-11(16-10)20-4-2/h3-7,13H2,1-2H3,(H2,12,19)(H,14,15,16,17). The number of nitrogens with zero attached hydrogens (tertiary/aromatic N) is 4. The third-order valence-corrected chi connectivity index (χ3v) is 2.42. The number of aromatic nitrogens is 3. The van der Waals surface area contributed by atoms with E-state index < -0.39 is 5.91 Å². The van der Waals surface area contributed by atoms with E-state index in [4.69, 9.17) is 16.3 Å². The number of nitrogens with two attached hydrogens (primary N) is 2. The molecule has 0 atom stereocenters. The maximum Gasteiger partial charge on any atom is 0.323 e. The number of ether oxygens (including phenoxy) is 1. The third kappa shape index (κ3) is 4.84. The number of hydrogen-bond acceptors (Lipinski definition) is 8. The lowest BCUT2D eigenvalue weighted by atomic mass is 10.3. The highest BCUT2D eigenvalue weighted by Crippen LogP contribution is 2.15. The number of amides is 1. The van der Waals surface area contributed by atoms with Crippen LogP contribution in [0.1, 0.15) is 26.7 Å². The van der Waals surface area contributed by atoms with E-state index in [0.29, 0.717) is 19.1 Å². The Balaban J connectivity index is 3.02. The van der Waals surface area contributed by atoms with Gasteiger partial charge in [0.15, 0.2) is 0 Å². The molecule has 9 nitrogen and oxygen atoms in total. The van der Waals surface area contributed by atoms with Crippen molar-refractivity contribution in [3.63, 3.8) is 0 Å². The third-order valence-electron chi connectivity index (χ3n) is 2.42. The van der Waals surface area contributed by atoms with Gasteiger partial charge in [0.1, 0.15) is 0 Å². The molecule has 0 bridgehead atoms. The van der Waals surface area contributed by atoms with Gasteiger partial charge < -0.3 is 15.4 Å². The SMILES string of the molecule is CCCCN(CC(N)=O)c1nc(NN)nc(OCC)n1. The summed E-state index contributed by atoms with van der Waals surface area (Å²) < 4.78 is 5.25. The molecule has 1 amide bonds. The van der Waals surface area contributed by atoms with E-state index in [2.05, 4.69) is 20.4 Å². The normalized spacial score (nSPS) is 10.2. The van der Waals surface area contributed by atoms with Crippen LogP contribution < -0.4 is 26.6 Å². The monoisotopic (exact) mass is 283 g/mol. The minimum Gasteiger partial charge on any atom is -0.464 e. The zero-order valence-corrected chi connectivity index (χ0v) is 11.8. The summed E-state index contributed by atoms with van der Waals surface area (Å²) in [6.07, 6.45) is 1.86. The lowest BCUT2D eigenvalue weighted by Gasteiger charge is -2.21. The number of hydrogen-bond donors (Lipinski definition) is 3. The zero-order valence-electron chi connectivity index (χ0n) is 11.8. The van der Waals surface area contributed by atoms with Crippen molar-refractivity contribution in [2.75, 3.05) is 30.0 Å². The molecular formula is C11H21N7O2. The first-order valence-electron chi connectivity index (χ1n) is 6.49. The Morgan fingerprint density at radius 1 is 1.35 bits per heavy atom. The van der Waals surface area contributed by atoms with Crippen molar-refractivity contribution in [1.29, 1.82) is 0 Å². The van der Waals surface area contributed by atoms with Gasteiger partial charge in [-0.25, -0.2) is 5.84 Å². The molecular weight excluding hydrogens is 262 g/mol. The molecule has 0 aliphatic carbocycles. The molecule has 0 aliphatic rings. The van der Waals surface area contributed by atoms with Crippen LogP contribution in [0.5, 0.6) is 6.01 Å². The van der Waals surface area contributed by atoms with Gasteiger partial charge in [-0.2, -0.15) is 15.0 Å². The number of rotatable bonds is 9. The van der Waals surface area contributed by atoms with Gasteiger partial charge in [-0.15, -0.1) is 0 Å². The fourth-order valence-electron chi connectivity index (χ4n) is 1.53. The van der Waals surface area contributed by atoms with E-state index in [1.807, 2.05) is 13.8 Å². The maximum absolute atomic E-state index is 11.1. The fourth-order valence-corrected chi connectivity index (χ4v) is 1.53. The Bertz CT molecular complexity index is 441. The highest BCUT2D eigenvalue weighted by atomic mass is 16.5. The van der Waals surface area contributed by atoms with Crippen LogP contribution in [0.3, 0.4) is 0 Å². The van der Waals surface area contributed by atoms with Gasteiger partial charge in [-0.05, 0) is 13.3 Å². The second kappa shape index (κ2) is 8.10. The number of anilines is 2. The highest BCUT2D eigenvalue weighted by molar-refractivity contribution is 5.78. The summed E-state index contributed by atoms with van der Waals surface area (Å²) in [5.74, 6) is 5.34. The van der Waals surface area contributed by atoms with Crippen LogP contribution in [-0.4, -0.2) is 40.6 Å². The predicted octanol–water partition coefficient (Wildman–Crippen LogP) is -0.352. The van der Waals surface area contributed by atoms with Crippen molar-refractivity contribution in [2.45, 2.75) is 26.7 Å². The van der Waals surface area contributed by atoms with Crippen molar-refractivity contribution < 1.29 is 9.53 Å². The lowest BCUT2D eigenvalue weighted by molar-refractivity contribution is -0.116.